The highest BCUT2D eigenvalue weighted by Gasteiger charge is 2.05. The smallest absolute Gasteiger partial charge is 0.331 e. The Morgan fingerprint density at radius 3 is 2.56 bits per heavy atom. The molecule has 100 valence electrons. The van der Waals surface area contributed by atoms with Crippen LogP contribution in [0.4, 0.5) is 0 Å². The lowest BCUT2D eigenvalue weighted by Gasteiger charge is -2.11. The summed E-state index contributed by atoms with van der Waals surface area (Å²) in [7, 11) is 0. The second kappa shape index (κ2) is 9.69. The fraction of sp³-hybridized carbons (Fsp3) is 0.562. The molecule has 0 aliphatic carbocycles. The van der Waals surface area contributed by atoms with E-state index in [0.717, 1.165) is 32.1 Å². The van der Waals surface area contributed by atoms with Gasteiger partial charge in [0.05, 0.1) is 6.10 Å². The molecule has 0 saturated heterocycles. The molecule has 0 radical (unpaired) electrons. The van der Waals surface area contributed by atoms with Gasteiger partial charge >= 0.3 is 5.97 Å². The number of esters is 1. The maximum atomic E-state index is 11.4. The molecular weight excluding hydrogens is 224 g/mol. The fourth-order valence-corrected chi connectivity index (χ4v) is 1.89. The molecule has 2 heteroatoms. The molecule has 0 fully saturated rings. The second-order valence-corrected chi connectivity index (χ2v) is 4.72. The average molecular weight is 248 g/mol. The lowest BCUT2D eigenvalue weighted by molar-refractivity contribution is -0.142. The quantitative estimate of drug-likeness (QED) is 0.471. The van der Waals surface area contributed by atoms with Crippen molar-refractivity contribution in [3.05, 3.63) is 36.5 Å². The average Bonchev–Trinajstić information content (AvgIpc) is 2.33. The van der Waals surface area contributed by atoms with Crippen LogP contribution in [0.2, 0.25) is 0 Å². The maximum absolute atomic E-state index is 11.4. The summed E-state index contributed by atoms with van der Waals surface area (Å²) in [5.41, 5.74) is 0. The Bertz CT molecular complexity index is 313. The molecule has 1 heterocycles. The Labute approximate surface area is 110 Å². The zero-order chi connectivity index (χ0) is 13.1. The van der Waals surface area contributed by atoms with Crippen LogP contribution in [-0.2, 0) is 9.53 Å². The van der Waals surface area contributed by atoms with Gasteiger partial charge in [0.25, 0.3) is 0 Å². The molecular formula is C16H24O2. The van der Waals surface area contributed by atoms with Crippen LogP contribution in [-0.4, -0.2) is 12.1 Å². The van der Waals surface area contributed by atoms with Gasteiger partial charge in [-0.3, -0.25) is 0 Å². The third-order valence-corrected chi connectivity index (χ3v) is 2.94. The molecule has 1 rings (SSSR count). The number of hydrogen-bond acceptors (Lipinski definition) is 2. The fourth-order valence-electron chi connectivity index (χ4n) is 1.89. The molecule has 0 aromatic carbocycles. The topological polar surface area (TPSA) is 26.3 Å². The van der Waals surface area contributed by atoms with E-state index in [-0.39, 0.29) is 12.1 Å². The predicted molar refractivity (Wildman–Crippen MR) is 75.3 cm³/mol. The third kappa shape index (κ3) is 7.88. The first-order valence-electron chi connectivity index (χ1n) is 6.98. The first-order chi connectivity index (χ1) is 8.79. The first kappa shape index (κ1) is 14.7. The van der Waals surface area contributed by atoms with E-state index in [1.54, 1.807) is 6.08 Å². The van der Waals surface area contributed by atoms with Crippen LogP contribution >= 0.6 is 0 Å². The maximum Gasteiger partial charge on any atom is 0.331 e. The molecule has 18 heavy (non-hydrogen) atoms. The highest BCUT2D eigenvalue weighted by Crippen LogP contribution is 2.08. The minimum atomic E-state index is -0.237. The van der Waals surface area contributed by atoms with Gasteiger partial charge in [0.2, 0.25) is 0 Å². The van der Waals surface area contributed by atoms with E-state index >= 15 is 0 Å². The second-order valence-electron chi connectivity index (χ2n) is 4.72. The van der Waals surface area contributed by atoms with Crippen LogP contribution in [0.25, 0.3) is 0 Å². The van der Waals surface area contributed by atoms with Crippen molar-refractivity contribution < 1.29 is 9.53 Å². The Morgan fingerprint density at radius 2 is 1.72 bits per heavy atom. The molecule has 0 aromatic heterocycles. The summed E-state index contributed by atoms with van der Waals surface area (Å²) >= 11 is 0. The minimum Gasteiger partial charge on any atom is -0.460 e. The van der Waals surface area contributed by atoms with E-state index in [0.29, 0.717) is 0 Å². The molecule has 0 aromatic rings. The van der Waals surface area contributed by atoms with Crippen molar-refractivity contribution in [3.8, 4) is 0 Å². The summed E-state index contributed by atoms with van der Waals surface area (Å²) in [4.78, 5) is 11.4. The zero-order valence-electron chi connectivity index (χ0n) is 11.3. The molecule has 0 bridgehead atoms. The molecule has 2 nitrogen and oxygen atoms in total. The molecule has 0 N–H and O–H groups in total. The Kier molecular flexibility index (Phi) is 7.94. The normalized spacial score (nSPS) is 29.2. The van der Waals surface area contributed by atoms with Crippen LogP contribution in [0.1, 0.15) is 51.9 Å². The summed E-state index contributed by atoms with van der Waals surface area (Å²) in [5, 5.41) is 0. The lowest BCUT2D eigenvalue weighted by atomic mass is 10.1. The summed E-state index contributed by atoms with van der Waals surface area (Å²) in [5.74, 6) is -0.237. The van der Waals surface area contributed by atoms with Gasteiger partial charge in [-0.15, -0.1) is 0 Å². The van der Waals surface area contributed by atoms with Crippen molar-refractivity contribution >= 4 is 5.97 Å². The molecule has 1 aliphatic rings. The van der Waals surface area contributed by atoms with Gasteiger partial charge in [-0.05, 0) is 51.9 Å². The van der Waals surface area contributed by atoms with Gasteiger partial charge in [-0.2, -0.15) is 0 Å². The number of carbonyl (C=O) groups excluding carboxylic acids is 1. The predicted octanol–water partition coefficient (Wildman–Crippen LogP) is 4.33. The first-order valence-corrected chi connectivity index (χ1v) is 6.98. The van der Waals surface area contributed by atoms with E-state index in [4.69, 9.17) is 4.74 Å². The van der Waals surface area contributed by atoms with Gasteiger partial charge < -0.3 is 4.74 Å². The number of allylic oxidation sites excluding steroid dienone is 5. The summed E-state index contributed by atoms with van der Waals surface area (Å²) in [6.07, 6.45) is 19.6. The number of hydrogen-bond donors (Lipinski definition) is 0. The molecule has 1 aliphatic heterocycles. The van der Waals surface area contributed by atoms with Crippen molar-refractivity contribution in [2.45, 2.75) is 58.0 Å². The minimum absolute atomic E-state index is 0.0167. The zero-order valence-corrected chi connectivity index (χ0v) is 11.3. The summed E-state index contributed by atoms with van der Waals surface area (Å²) < 4.78 is 5.27. The molecule has 1 atom stereocenters. The van der Waals surface area contributed by atoms with E-state index in [1.807, 2.05) is 13.0 Å². The van der Waals surface area contributed by atoms with Gasteiger partial charge in [0.1, 0.15) is 0 Å². The van der Waals surface area contributed by atoms with E-state index in [1.165, 1.54) is 18.9 Å². The van der Waals surface area contributed by atoms with Gasteiger partial charge in [0, 0.05) is 6.08 Å². The largest absolute Gasteiger partial charge is 0.460 e. The van der Waals surface area contributed by atoms with Crippen LogP contribution in [0.5, 0.6) is 0 Å². The monoisotopic (exact) mass is 248 g/mol. The van der Waals surface area contributed by atoms with E-state index in [2.05, 4.69) is 18.2 Å². The van der Waals surface area contributed by atoms with Crippen molar-refractivity contribution in [3.63, 3.8) is 0 Å². The van der Waals surface area contributed by atoms with Gasteiger partial charge in [0.15, 0.2) is 0 Å². The lowest BCUT2D eigenvalue weighted by Crippen LogP contribution is -2.12. The Balaban J connectivity index is 2.44. The Hall–Kier alpha value is -1.31. The summed E-state index contributed by atoms with van der Waals surface area (Å²) in [6.45, 7) is 1.96. The molecule has 1 unspecified atom stereocenters. The van der Waals surface area contributed by atoms with Gasteiger partial charge in [-0.1, -0.05) is 30.4 Å². The van der Waals surface area contributed by atoms with Crippen LogP contribution in [0.3, 0.4) is 0 Å². The third-order valence-electron chi connectivity index (χ3n) is 2.94. The number of ether oxygens (including phenoxy) is 1. The van der Waals surface area contributed by atoms with Crippen molar-refractivity contribution in [1.82, 2.24) is 0 Å². The molecule has 0 amide bonds. The summed E-state index contributed by atoms with van der Waals surface area (Å²) in [6, 6.07) is 0. The SMILES string of the molecule is CC1CCCC/C=C\CCC/C=C/C=C\C(=O)O1. The highest BCUT2D eigenvalue weighted by molar-refractivity contribution is 5.82. The number of cyclic esters (lactones) is 1. The number of rotatable bonds is 0. The molecule has 0 saturated carbocycles. The van der Waals surface area contributed by atoms with E-state index < -0.39 is 0 Å². The standard InChI is InChI=1S/C16H24O2/c1-15-13-11-9-7-5-3-2-4-6-8-10-12-14-16(17)18-15/h3,5,8,10,12,14-15H,2,4,6-7,9,11,13H2,1H3/b5-3-,10-8+,14-12-. The van der Waals surface area contributed by atoms with Crippen molar-refractivity contribution in [1.29, 1.82) is 0 Å². The van der Waals surface area contributed by atoms with Crippen LogP contribution < -0.4 is 0 Å². The molecule has 0 spiro atoms. The van der Waals surface area contributed by atoms with Crippen LogP contribution in [0.15, 0.2) is 36.5 Å². The number of carbonyl (C=O) groups is 1. The van der Waals surface area contributed by atoms with E-state index in [9.17, 15) is 4.79 Å². The van der Waals surface area contributed by atoms with Crippen LogP contribution in [0, 0.1) is 0 Å². The van der Waals surface area contributed by atoms with Crippen molar-refractivity contribution in [2.24, 2.45) is 0 Å². The van der Waals surface area contributed by atoms with Gasteiger partial charge in [-0.25, -0.2) is 4.79 Å². The van der Waals surface area contributed by atoms with Crippen molar-refractivity contribution in [2.75, 3.05) is 0 Å². The highest BCUT2D eigenvalue weighted by atomic mass is 16.5. The Morgan fingerprint density at radius 1 is 1.00 bits per heavy atom.